The molecule has 66 heavy (non-hydrogen) atoms. The molecule has 0 radical (unpaired) electrons. The second-order valence-corrected chi connectivity index (χ2v) is 15.5. The number of benzene rings is 4. The number of Topliss-reactive ketones (excluding diaryl/α,β-unsaturated/α-hetero) is 2. The summed E-state index contributed by atoms with van der Waals surface area (Å²) >= 11 is 11.8. The molecule has 4 aromatic carbocycles. The van der Waals surface area contributed by atoms with Gasteiger partial charge in [-0.05, 0) is 85.6 Å². The summed E-state index contributed by atoms with van der Waals surface area (Å²) in [6.45, 7) is 3.04. The summed E-state index contributed by atoms with van der Waals surface area (Å²) in [5, 5.41) is 5.44. The van der Waals surface area contributed by atoms with Crippen LogP contribution in [0.4, 0.5) is 38.0 Å². The number of nitrogens with zero attached hydrogens (tertiary/aromatic N) is 6. The number of hydrogen-bond donors (Lipinski definition) is 2. The molecule has 0 aliphatic rings. The van der Waals surface area contributed by atoms with Crippen molar-refractivity contribution in [3.8, 4) is 0 Å². The molecule has 0 spiro atoms. The number of aryl methyl sites for hydroxylation is 2. The standard InChI is InChI=1S/2C23H16ClF3N4O2/c2*1-13-2-7-17-16(10-13)19(20(32)22(33)30-18-8-9-28-12-29-18)21(23(25,26)27)31(17)11-14-3-5-15(24)6-4-14/h2*2-10,12H,11H2,1H3,(H,28,29,30,33). The van der Waals surface area contributed by atoms with Crippen molar-refractivity contribution >= 4 is 80.0 Å². The SMILES string of the molecule is Cc1ccc2c(c1)c(C(=O)C(=O)Nc1ccncn1)c(C(F)(F)F)n2Cc1ccc(Cl)cc1.Cc1ccc2c(c1)c(C(=O)C(=O)Nc1ccncn1)c(C(F)(F)F)n2Cc1ccc(Cl)cc1. The lowest BCUT2D eigenvalue weighted by Gasteiger charge is -2.15. The molecule has 0 saturated heterocycles. The molecule has 0 bridgehead atoms. The molecule has 0 saturated carbocycles. The fourth-order valence-corrected chi connectivity index (χ4v) is 7.41. The van der Waals surface area contributed by atoms with E-state index in [1.165, 1.54) is 48.8 Å². The van der Waals surface area contributed by atoms with Crippen molar-refractivity contribution in [3.05, 3.63) is 177 Å². The molecule has 4 heterocycles. The Morgan fingerprint density at radius 3 is 1.23 bits per heavy atom. The van der Waals surface area contributed by atoms with Crippen LogP contribution in [0.1, 0.15) is 54.4 Å². The van der Waals surface area contributed by atoms with E-state index in [4.69, 9.17) is 23.2 Å². The summed E-state index contributed by atoms with van der Waals surface area (Å²) in [6, 6.07) is 24.6. The van der Waals surface area contributed by atoms with E-state index in [2.05, 4.69) is 30.6 Å². The van der Waals surface area contributed by atoms with Gasteiger partial charge in [-0.15, -0.1) is 0 Å². The minimum absolute atomic E-state index is 0.00186. The van der Waals surface area contributed by atoms with Gasteiger partial charge in [0.15, 0.2) is 0 Å². The molecular weight excluding hydrogens is 913 g/mol. The van der Waals surface area contributed by atoms with Gasteiger partial charge >= 0.3 is 12.4 Å². The molecule has 336 valence electrons. The molecule has 8 rings (SSSR count). The van der Waals surface area contributed by atoms with E-state index in [0.29, 0.717) is 32.3 Å². The number of carbonyl (C=O) groups excluding carboxylic acids is 4. The Kier molecular flexibility index (Phi) is 13.4. The van der Waals surface area contributed by atoms with E-state index in [9.17, 15) is 45.5 Å². The Morgan fingerprint density at radius 2 is 0.909 bits per heavy atom. The minimum atomic E-state index is -4.90. The molecule has 20 heteroatoms. The van der Waals surface area contributed by atoms with Gasteiger partial charge in [0.1, 0.15) is 35.7 Å². The highest BCUT2D eigenvalue weighted by Crippen LogP contribution is 2.41. The smallest absolute Gasteiger partial charge is 0.332 e. The van der Waals surface area contributed by atoms with Crippen LogP contribution >= 0.6 is 23.2 Å². The summed E-state index contributed by atoms with van der Waals surface area (Å²) in [7, 11) is 0. The third-order valence-electron chi connectivity index (χ3n) is 10.00. The Morgan fingerprint density at radius 1 is 0.545 bits per heavy atom. The van der Waals surface area contributed by atoms with Gasteiger partial charge in [-0.1, -0.05) is 70.7 Å². The molecule has 4 aromatic heterocycles. The zero-order valence-electron chi connectivity index (χ0n) is 34.3. The van der Waals surface area contributed by atoms with Gasteiger partial charge in [-0.3, -0.25) is 19.2 Å². The van der Waals surface area contributed by atoms with Crippen LogP contribution < -0.4 is 10.6 Å². The number of alkyl halides is 6. The van der Waals surface area contributed by atoms with Gasteiger partial charge in [0.05, 0.1) is 11.1 Å². The Balaban J connectivity index is 0.000000196. The van der Waals surface area contributed by atoms with Crippen LogP contribution in [0.5, 0.6) is 0 Å². The number of aromatic nitrogens is 6. The maximum atomic E-state index is 14.3. The molecule has 0 aliphatic carbocycles. The average Bonchev–Trinajstić information content (AvgIpc) is 3.77. The van der Waals surface area contributed by atoms with Crippen molar-refractivity contribution < 1.29 is 45.5 Å². The number of carbonyl (C=O) groups is 4. The summed E-state index contributed by atoms with van der Waals surface area (Å²) in [6.07, 6.45) is -4.87. The summed E-state index contributed by atoms with van der Waals surface area (Å²) in [4.78, 5) is 66.3. The van der Waals surface area contributed by atoms with Crippen LogP contribution in [0.25, 0.3) is 21.8 Å². The highest BCUT2D eigenvalue weighted by Gasteiger charge is 2.44. The predicted molar refractivity (Wildman–Crippen MR) is 234 cm³/mol. The van der Waals surface area contributed by atoms with Crippen LogP contribution in [0.3, 0.4) is 0 Å². The van der Waals surface area contributed by atoms with Crippen LogP contribution in [0, 0.1) is 13.8 Å². The van der Waals surface area contributed by atoms with E-state index in [1.54, 1.807) is 74.5 Å². The fourth-order valence-electron chi connectivity index (χ4n) is 7.16. The van der Waals surface area contributed by atoms with Crippen molar-refractivity contribution in [3.63, 3.8) is 0 Å². The number of anilines is 2. The molecule has 2 N–H and O–H groups in total. The maximum Gasteiger partial charge on any atom is 0.432 e. The lowest BCUT2D eigenvalue weighted by molar-refractivity contribution is -0.144. The normalized spacial score (nSPS) is 11.5. The van der Waals surface area contributed by atoms with Crippen molar-refractivity contribution in [2.75, 3.05) is 10.6 Å². The average molecular weight is 946 g/mol. The Bertz CT molecular complexity index is 2910. The lowest BCUT2D eigenvalue weighted by Crippen LogP contribution is -2.26. The number of hydrogen-bond acceptors (Lipinski definition) is 8. The molecule has 0 fully saturated rings. The van der Waals surface area contributed by atoms with E-state index >= 15 is 0 Å². The molecular formula is C46H32Cl2F6N8O4. The zero-order valence-corrected chi connectivity index (χ0v) is 35.8. The number of fused-ring (bicyclic) bond motifs is 2. The van der Waals surface area contributed by atoms with Gasteiger partial charge < -0.3 is 19.8 Å². The van der Waals surface area contributed by atoms with E-state index in [1.807, 2.05) is 0 Å². The summed E-state index contributed by atoms with van der Waals surface area (Å²) in [5.41, 5.74) is -1.05. The summed E-state index contributed by atoms with van der Waals surface area (Å²) in [5.74, 6) is -5.09. The largest absolute Gasteiger partial charge is 0.432 e. The molecule has 2 amide bonds. The number of amides is 2. The van der Waals surface area contributed by atoms with E-state index < -0.39 is 58.2 Å². The molecule has 0 unspecified atom stereocenters. The third kappa shape index (κ3) is 10.2. The van der Waals surface area contributed by atoms with Gasteiger partial charge in [0.2, 0.25) is 0 Å². The third-order valence-corrected chi connectivity index (χ3v) is 10.5. The number of ketones is 2. The van der Waals surface area contributed by atoms with Gasteiger partial charge in [-0.25, -0.2) is 19.9 Å². The van der Waals surface area contributed by atoms with Crippen LogP contribution in [-0.4, -0.2) is 52.5 Å². The van der Waals surface area contributed by atoms with E-state index in [0.717, 1.165) is 21.8 Å². The summed E-state index contributed by atoms with van der Waals surface area (Å²) < 4.78 is 87.9. The van der Waals surface area contributed by atoms with Crippen molar-refractivity contribution in [1.82, 2.24) is 29.1 Å². The first-order valence-electron chi connectivity index (χ1n) is 19.4. The maximum absolute atomic E-state index is 14.3. The van der Waals surface area contributed by atoms with Crippen molar-refractivity contribution in [2.24, 2.45) is 0 Å². The zero-order chi connectivity index (χ0) is 47.5. The highest BCUT2D eigenvalue weighted by molar-refractivity contribution is 6.49. The number of halogens is 8. The predicted octanol–water partition coefficient (Wildman–Crippen LogP) is 10.6. The van der Waals surface area contributed by atoms with E-state index in [-0.39, 0.29) is 46.5 Å². The van der Waals surface area contributed by atoms with Crippen molar-refractivity contribution in [2.45, 2.75) is 39.3 Å². The van der Waals surface area contributed by atoms with Gasteiger partial charge in [0, 0.05) is 57.3 Å². The number of rotatable bonds is 10. The molecule has 0 atom stereocenters. The van der Waals surface area contributed by atoms with Crippen molar-refractivity contribution in [1.29, 1.82) is 0 Å². The fraction of sp³-hybridized carbons (Fsp3) is 0.130. The topological polar surface area (TPSA) is 154 Å². The second kappa shape index (κ2) is 19.0. The first-order chi connectivity index (χ1) is 31.3. The quantitative estimate of drug-likeness (QED) is 0.0780. The first kappa shape index (κ1) is 46.5. The van der Waals surface area contributed by atoms with Crippen LogP contribution in [0.2, 0.25) is 10.0 Å². The minimum Gasteiger partial charge on any atom is -0.332 e. The van der Waals surface area contributed by atoms with Gasteiger partial charge in [0.25, 0.3) is 23.4 Å². The molecule has 8 aromatic rings. The van der Waals surface area contributed by atoms with Crippen LogP contribution in [-0.2, 0) is 35.0 Å². The number of nitrogens with one attached hydrogen (secondary N) is 2. The van der Waals surface area contributed by atoms with Gasteiger partial charge in [-0.2, -0.15) is 26.3 Å². The molecule has 0 aliphatic heterocycles. The Hall–Kier alpha value is -7.44. The lowest BCUT2D eigenvalue weighted by atomic mass is 10.0. The Labute approximate surface area is 380 Å². The monoisotopic (exact) mass is 944 g/mol. The second-order valence-electron chi connectivity index (χ2n) is 14.7. The molecule has 12 nitrogen and oxygen atoms in total. The van der Waals surface area contributed by atoms with Crippen LogP contribution in [0.15, 0.2) is 122 Å². The highest BCUT2D eigenvalue weighted by atomic mass is 35.5. The first-order valence-corrected chi connectivity index (χ1v) is 20.2.